The second-order valence-electron chi connectivity index (χ2n) is 5.92. The van der Waals surface area contributed by atoms with Crippen LogP contribution in [0.1, 0.15) is 51.2 Å². The summed E-state index contributed by atoms with van der Waals surface area (Å²) >= 11 is 1.28. The molecule has 1 rings (SSSR count). The number of carbonyl (C=O) groups is 2. The van der Waals surface area contributed by atoms with Crippen LogP contribution in [-0.2, 0) is 4.79 Å². The van der Waals surface area contributed by atoms with E-state index in [0.29, 0.717) is 28.7 Å². The van der Waals surface area contributed by atoms with Gasteiger partial charge in [-0.3, -0.25) is 9.79 Å². The highest BCUT2D eigenvalue weighted by Crippen LogP contribution is 2.18. The van der Waals surface area contributed by atoms with Crippen LogP contribution in [0.15, 0.2) is 33.2 Å². The third kappa shape index (κ3) is 8.30. The molecule has 0 saturated heterocycles. The predicted octanol–water partition coefficient (Wildman–Crippen LogP) is 4.90. The molecule has 1 aromatic rings. The molecule has 1 aromatic carbocycles. The lowest BCUT2D eigenvalue weighted by Gasteiger charge is -2.09. The normalized spacial score (nSPS) is 12.5. The summed E-state index contributed by atoms with van der Waals surface area (Å²) < 4.78 is 0. The van der Waals surface area contributed by atoms with Crippen LogP contribution in [0.2, 0.25) is 0 Å². The Morgan fingerprint density at radius 1 is 1.26 bits per heavy atom. The maximum atomic E-state index is 12.1. The minimum atomic E-state index is -0.454. The molecule has 2 amide bonds. The summed E-state index contributed by atoms with van der Waals surface area (Å²) in [5.74, 6) is 1.14. The molecule has 0 aliphatic carbocycles. The first-order valence-corrected chi connectivity index (χ1v) is 10.0. The van der Waals surface area contributed by atoms with Crippen LogP contribution < -0.4 is 5.32 Å². The van der Waals surface area contributed by atoms with Gasteiger partial charge in [-0.05, 0) is 44.0 Å². The molecule has 7 heteroatoms. The third-order valence-electron chi connectivity index (χ3n) is 3.66. The van der Waals surface area contributed by atoms with Crippen LogP contribution >= 0.6 is 11.8 Å². The van der Waals surface area contributed by atoms with Crippen molar-refractivity contribution in [2.45, 2.75) is 47.0 Å². The Morgan fingerprint density at radius 3 is 2.59 bits per heavy atom. The van der Waals surface area contributed by atoms with Crippen molar-refractivity contribution in [3.63, 3.8) is 0 Å². The molecule has 0 aromatic heterocycles. The number of nitrogens with zero attached hydrogens (tertiary/aromatic N) is 3. The lowest BCUT2D eigenvalue weighted by molar-refractivity contribution is -0.116. The van der Waals surface area contributed by atoms with Gasteiger partial charge < -0.3 is 5.32 Å². The van der Waals surface area contributed by atoms with E-state index in [0.717, 1.165) is 24.0 Å². The zero-order valence-corrected chi connectivity index (χ0v) is 17.5. The summed E-state index contributed by atoms with van der Waals surface area (Å²) in [7, 11) is 1.71. The minimum absolute atomic E-state index is 0.136. The number of benzene rings is 1. The summed E-state index contributed by atoms with van der Waals surface area (Å²) in [5.41, 5.74) is 2.48. The highest BCUT2D eigenvalue weighted by molar-refractivity contribution is 8.14. The molecule has 0 atom stereocenters. The number of ketones is 1. The molecule has 0 aliphatic rings. The lowest BCUT2D eigenvalue weighted by atomic mass is 10.1. The molecule has 0 radical (unpaired) electrons. The number of thioether (sulfide) groups is 1. The van der Waals surface area contributed by atoms with Gasteiger partial charge in [0.15, 0.2) is 5.84 Å². The molecular formula is C20H28N4O2S. The van der Waals surface area contributed by atoms with Crippen LogP contribution in [0.4, 0.5) is 10.5 Å². The van der Waals surface area contributed by atoms with E-state index in [9.17, 15) is 9.59 Å². The van der Waals surface area contributed by atoms with Crippen molar-refractivity contribution in [1.82, 2.24) is 0 Å². The van der Waals surface area contributed by atoms with Crippen molar-refractivity contribution in [3.8, 4) is 0 Å². The Kier molecular flexibility index (Phi) is 10.3. The first kappa shape index (κ1) is 22.8. The van der Waals surface area contributed by atoms with E-state index in [1.54, 1.807) is 14.0 Å². The van der Waals surface area contributed by atoms with Gasteiger partial charge in [0.1, 0.15) is 5.78 Å². The molecular weight excluding hydrogens is 360 g/mol. The fourth-order valence-corrected chi connectivity index (χ4v) is 2.81. The number of hydrogen-bond acceptors (Lipinski definition) is 4. The smallest absolute Gasteiger partial charge is 0.306 e. The summed E-state index contributed by atoms with van der Waals surface area (Å²) in [6.45, 7) is 7.55. The van der Waals surface area contributed by atoms with Crippen LogP contribution in [0, 0.1) is 6.92 Å². The van der Waals surface area contributed by atoms with Crippen molar-refractivity contribution in [2.75, 3.05) is 18.1 Å². The zero-order chi connectivity index (χ0) is 20.2. The molecule has 0 spiro atoms. The Labute approximate surface area is 165 Å². The molecule has 0 unspecified atom stereocenters. The number of aryl methyl sites for hydroxylation is 1. The van der Waals surface area contributed by atoms with Gasteiger partial charge in [0.25, 0.3) is 0 Å². The quantitative estimate of drug-likeness (QED) is 0.532. The first-order valence-electron chi connectivity index (χ1n) is 9.02. The van der Waals surface area contributed by atoms with Crippen LogP contribution in [0.5, 0.6) is 0 Å². The third-order valence-corrected chi connectivity index (χ3v) is 4.64. The SMILES string of the molecule is CCCC=NC(=NC)c1ccc(NC(=O)N=C(C)SCC(=O)CC)c(C)c1. The monoisotopic (exact) mass is 388 g/mol. The molecule has 0 aliphatic heterocycles. The maximum Gasteiger partial charge on any atom is 0.346 e. The Morgan fingerprint density at radius 2 is 2.00 bits per heavy atom. The predicted molar refractivity (Wildman–Crippen MR) is 117 cm³/mol. The molecule has 1 N–H and O–H groups in total. The van der Waals surface area contributed by atoms with Gasteiger partial charge in [-0.25, -0.2) is 9.79 Å². The fraction of sp³-hybridized carbons (Fsp3) is 0.450. The van der Waals surface area contributed by atoms with Crippen LogP contribution in [0.3, 0.4) is 0 Å². The van der Waals surface area contributed by atoms with E-state index in [4.69, 9.17) is 0 Å². The van der Waals surface area contributed by atoms with Crippen molar-refractivity contribution in [2.24, 2.45) is 15.0 Å². The number of rotatable bonds is 7. The van der Waals surface area contributed by atoms with Gasteiger partial charge >= 0.3 is 6.03 Å². The molecule has 6 nitrogen and oxygen atoms in total. The second-order valence-corrected chi connectivity index (χ2v) is 7.09. The molecule has 0 saturated carbocycles. The first-order chi connectivity index (χ1) is 12.9. The Hall–Kier alpha value is -2.28. The van der Waals surface area contributed by atoms with E-state index in [-0.39, 0.29) is 5.78 Å². The second kappa shape index (κ2) is 12.2. The molecule has 146 valence electrons. The van der Waals surface area contributed by atoms with E-state index in [1.165, 1.54) is 11.8 Å². The van der Waals surface area contributed by atoms with E-state index in [2.05, 4.69) is 27.2 Å². The average molecular weight is 389 g/mol. The molecule has 0 heterocycles. The van der Waals surface area contributed by atoms with Crippen molar-refractivity contribution < 1.29 is 9.59 Å². The molecule has 0 bridgehead atoms. The molecule has 27 heavy (non-hydrogen) atoms. The van der Waals surface area contributed by atoms with Crippen LogP contribution in [0.25, 0.3) is 0 Å². The van der Waals surface area contributed by atoms with Crippen LogP contribution in [-0.4, -0.2) is 41.7 Å². The van der Waals surface area contributed by atoms with Gasteiger partial charge in [-0.1, -0.05) is 20.3 Å². The van der Waals surface area contributed by atoms with Gasteiger partial charge in [0, 0.05) is 30.9 Å². The Bertz CT molecular complexity index is 754. The van der Waals surface area contributed by atoms with Crippen molar-refractivity contribution >= 4 is 46.4 Å². The number of amidine groups is 1. The summed E-state index contributed by atoms with van der Waals surface area (Å²) in [5, 5.41) is 3.34. The van der Waals surface area contributed by atoms with Gasteiger partial charge in [-0.15, -0.1) is 11.8 Å². The number of nitrogens with one attached hydrogen (secondary N) is 1. The highest BCUT2D eigenvalue weighted by atomic mass is 32.2. The van der Waals surface area contributed by atoms with E-state index < -0.39 is 6.03 Å². The number of anilines is 1. The van der Waals surface area contributed by atoms with Gasteiger partial charge in [0.2, 0.25) is 0 Å². The average Bonchev–Trinajstić information content (AvgIpc) is 2.65. The van der Waals surface area contributed by atoms with Crippen molar-refractivity contribution in [1.29, 1.82) is 0 Å². The summed E-state index contributed by atoms with van der Waals surface area (Å²) in [6, 6.07) is 5.18. The van der Waals surface area contributed by atoms with Crippen molar-refractivity contribution in [3.05, 3.63) is 29.3 Å². The minimum Gasteiger partial charge on any atom is -0.306 e. The number of Topliss-reactive ketones (excluding diaryl/α,β-unsaturated/α-hetero) is 1. The van der Waals surface area contributed by atoms with E-state index >= 15 is 0 Å². The maximum absolute atomic E-state index is 12.1. The number of carbonyl (C=O) groups excluding carboxylic acids is 2. The number of hydrogen-bond donors (Lipinski definition) is 1. The zero-order valence-electron chi connectivity index (χ0n) is 16.7. The lowest BCUT2D eigenvalue weighted by Crippen LogP contribution is -2.10. The van der Waals surface area contributed by atoms with Gasteiger partial charge in [0.05, 0.1) is 10.8 Å². The molecule has 0 fully saturated rings. The number of unbranched alkanes of at least 4 members (excludes halogenated alkanes) is 1. The summed E-state index contributed by atoms with van der Waals surface area (Å²) in [4.78, 5) is 36.0. The number of urea groups is 1. The number of aliphatic imine (C=N–C) groups is 3. The van der Waals surface area contributed by atoms with Gasteiger partial charge in [-0.2, -0.15) is 4.99 Å². The summed E-state index contributed by atoms with van der Waals surface area (Å²) in [6.07, 6.45) is 4.30. The standard InChI is InChI=1S/C20H28N4O2S/c1-6-8-11-22-19(21-5)16-9-10-18(14(3)12-16)24-20(26)23-15(4)27-13-17(25)7-2/h9-12H,6-8,13H2,1-5H3,(H,24,26). The highest BCUT2D eigenvalue weighted by Gasteiger charge is 2.08. The fourth-order valence-electron chi connectivity index (χ4n) is 2.09. The van der Waals surface area contributed by atoms with E-state index in [1.807, 2.05) is 38.3 Å². The number of amides is 2. The largest absolute Gasteiger partial charge is 0.346 e. The topological polar surface area (TPSA) is 83.2 Å². The Balaban J connectivity index is 2.79.